The molecule has 7 heteroatoms. The van der Waals surface area contributed by atoms with E-state index in [1.807, 2.05) is 4.80 Å². The number of para-hydroxylation sites is 4. The molecule has 1 aliphatic carbocycles. The van der Waals surface area contributed by atoms with E-state index in [1.165, 1.54) is 10.8 Å². The third kappa shape index (κ3) is 8.17. The summed E-state index contributed by atoms with van der Waals surface area (Å²) < 4.78 is 0. The number of hydrogen-bond donors (Lipinski definition) is 0. The fourth-order valence-electron chi connectivity index (χ4n) is 11.2. The number of nitrogens with zero attached hydrogens (tertiary/aromatic N) is 7. The van der Waals surface area contributed by atoms with Crippen molar-refractivity contribution in [3.63, 3.8) is 0 Å². The summed E-state index contributed by atoms with van der Waals surface area (Å²) in [6.07, 6.45) is 0. The van der Waals surface area contributed by atoms with Gasteiger partial charge in [-0.1, -0.05) is 196 Å². The smallest absolute Gasteiger partial charge is 0.124 e. The third-order valence-corrected chi connectivity index (χ3v) is 14.8. The lowest BCUT2D eigenvalue weighted by Gasteiger charge is -2.25. The van der Waals surface area contributed by atoms with Gasteiger partial charge in [-0.05, 0) is 117 Å². The highest BCUT2D eigenvalue weighted by Crippen LogP contribution is 2.49. The molecule has 2 aromatic heterocycles. The van der Waals surface area contributed by atoms with Gasteiger partial charge in [0.15, 0.2) is 0 Å². The average Bonchev–Trinajstić information content (AvgIpc) is 4.15. The molecule has 0 aliphatic heterocycles. The van der Waals surface area contributed by atoms with Crippen LogP contribution in [0.5, 0.6) is 0 Å². The Balaban J connectivity index is 0.888. The maximum Gasteiger partial charge on any atom is 0.124 e. The molecular weight excluding hydrogens is 939 g/mol. The summed E-state index contributed by atoms with van der Waals surface area (Å²) in [6.45, 7) is 5.07. The first-order valence-electron chi connectivity index (χ1n) is 26.4. The minimum absolute atomic E-state index is 0.325. The number of rotatable bonds is 12. The van der Waals surface area contributed by atoms with Crippen LogP contribution in [-0.2, 0) is 6.54 Å². The molecule has 11 aromatic carbocycles. The van der Waals surface area contributed by atoms with E-state index in [4.69, 9.17) is 20.2 Å². The predicted octanol–water partition coefficient (Wildman–Crippen LogP) is 18.4. The standard InChI is InChI=1S/C70H51N7/c1-46(2)45-75-73-69-63(52-33-29-47(30-34-52)49-37-41-58(42-38-49)76(54-19-7-3-8-20-54)55-21-9-4-10-22-55)67-68(72-66-61-28-16-18-51-17-15-27-60(62(51)61)65(66)71-67)64(70(69)74-75)53-35-31-48(32-36-53)50-39-43-59(44-40-50)77(56-23-11-5-12-24-56)57-25-13-6-14-26-57/h3-44,46H,45H2,1-2H3. The van der Waals surface area contributed by atoms with E-state index in [0.29, 0.717) is 12.5 Å². The van der Waals surface area contributed by atoms with Crippen LogP contribution < -0.4 is 9.80 Å². The normalized spacial score (nSPS) is 11.7. The average molecular weight is 990 g/mol. The molecule has 0 unspecified atom stereocenters. The van der Waals surface area contributed by atoms with Crippen molar-refractivity contribution in [2.24, 2.45) is 5.92 Å². The SMILES string of the molecule is CC(C)Cn1nc2c(-c3ccc(-c4ccc(N(c5ccccc5)c5ccccc5)cc4)cc3)c3nc4c(nc3c(-c3ccc(-c5ccc(N(c6ccccc6)c6ccccc6)cc5)cc3)c2n1)-c1cccc2cccc-4c12. The van der Waals surface area contributed by atoms with Crippen LogP contribution in [-0.4, -0.2) is 25.0 Å². The lowest BCUT2D eigenvalue weighted by molar-refractivity contribution is 0.442. The molecule has 0 radical (unpaired) electrons. The zero-order valence-corrected chi connectivity index (χ0v) is 42.7. The van der Waals surface area contributed by atoms with Crippen molar-refractivity contribution in [3.05, 3.63) is 255 Å². The summed E-state index contributed by atoms with van der Waals surface area (Å²) in [5.74, 6) is 0.325. The molecule has 0 amide bonds. The lowest BCUT2D eigenvalue weighted by atomic mass is 9.92. The van der Waals surface area contributed by atoms with Gasteiger partial charge in [0.1, 0.15) is 22.1 Å². The summed E-state index contributed by atoms with van der Waals surface area (Å²) in [7, 11) is 0. The van der Waals surface area contributed by atoms with Crippen molar-refractivity contribution in [1.29, 1.82) is 0 Å². The van der Waals surface area contributed by atoms with Gasteiger partial charge in [-0.3, -0.25) is 0 Å². The Kier molecular flexibility index (Phi) is 11.3. The maximum atomic E-state index is 5.72. The first-order chi connectivity index (χ1) is 38.0. The molecule has 0 spiro atoms. The second-order valence-corrected chi connectivity index (χ2v) is 20.2. The Labute approximate surface area is 447 Å². The second-order valence-electron chi connectivity index (χ2n) is 20.2. The quantitative estimate of drug-likeness (QED) is 0.122. The number of hydrogen-bond acceptors (Lipinski definition) is 6. The van der Waals surface area contributed by atoms with E-state index in [9.17, 15) is 0 Å². The molecule has 7 nitrogen and oxygen atoms in total. The molecule has 13 aromatic rings. The highest BCUT2D eigenvalue weighted by atomic mass is 15.5. The van der Waals surface area contributed by atoms with Gasteiger partial charge in [-0.25, -0.2) is 9.97 Å². The largest absolute Gasteiger partial charge is 0.311 e. The molecule has 0 atom stereocenters. The molecule has 1 aliphatic rings. The van der Waals surface area contributed by atoms with Crippen molar-refractivity contribution in [2.45, 2.75) is 20.4 Å². The molecule has 77 heavy (non-hydrogen) atoms. The van der Waals surface area contributed by atoms with Crippen LogP contribution in [0.3, 0.4) is 0 Å². The number of aromatic nitrogens is 5. The highest BCUT2D eigenvalue weighted by Gasteiger charge is 2.30. The molecule has 0 saturated heterocycles. The maximum absolute atomic E-state index is 5.72. The van der Waals surface area contributed by atoms with Crippen LogP contribution in [0, 0.1) is 5.92 Å². The number of benzene rings is 11. The van der Waals surface area contributed by atoms with Gasteiger partial charge in [-0.15, -0.1) is 0 Å². The molecule has 2 heterocycles. The van der Waals surface area contributed by atoms with Crippen molar-refractivity contribution >= 4 is 67.0 Å². The molecule has 14 rings (SSSR count). The highest BCUT2D eigenvalue weighted by molar-refractivity contribution is 6.20. The summed E-state index contributed by atoms with van der Waals surface area (Å²) in [5, 5.41) is 13.1. The van der Waals surface area contributed by atoms with Crippen molar-refractivity contribution < 1.29 is 0 Å². The molecule has 0 fully saturated rings. The van der Waals surface area contributed by atoms with Crippen LogP contribution in [0.15, 0.2) is 255 Å². The Bertz CT molecular complexity index is 3930. The third-order valence-electron chi connectivity index (χ3n) is 14.8. The fourth-order valence-corrected chi connectivity index (χ4v) is 11.2. The summed E-state index contributed by atoms with van der Waals surface area (Å²) in [6, 6.07) is 90.4. The van der Waals surface area contributed by atoms with E-state index >= 15 is 0 Å². The van der Waals surface area contributed by atoms with E-state index < -0.39 is 0 Å². The van der Waals surface area contributed by atoms with Gasteiger partial charge in [0.05, 0.1) is 17.9 Å². The Morgan fingerprint density at radius 1 is 0.325 bits per heavy atom. The lowest BCUT2D eigenvalue weighted by Crippen LogP contribution is -2.09. The van der Waals surface area contributed by atoms with Crippen molar-refractivity contribution in [1.82, 2.24) is 25.0 Å². The zero-order chi connectivity index (χ0) is 51.4. The number of fused-ring (bicyclic) bond motifs is 5. The van der Waals surface area contributed by atoms with Crippen LogP contribution in [0.2, 0.25) is 0 Å². The Hall–Kier alpha value is -9.98. The predicted molar refractivity (Wildman–Crippen MR) is 319 cm³/mol. The zero-order valence-electron chi connectivity index (χ0n) is 42.7. The van der Waals surface area contributed by atoms with E-state index in [0.717, 1.165) is 123 Å². The first kappa shape index (κ1) is 45.6. The van der Waals surface area contributed by atoms with E-state index in [1.54, 1.807) is 0 Å². The summed E-state index contributed by atoms with van der Waals surface area (Å²) in [5.41, 5.74) is 22.1. The monoisotopic (exact) mass is 989 g/mol. The molecular formula is C70H51N7. The summed E-state index contributed by atoms with van der Waals surface area (Å²) >= 11 is 0. The van der Waals surface area contributed by atoms with Gasteiger partial charge >= 0.3 is 0 Å². The minimum atomic E-state index is 0.325. The Morgan fingerprint density at radius 3 is 0.974 bits per heavy atom. The van der Waals surface area contributed by atoms with Gasteiger partial charge in [-0.2, -0.15) is 15.0 Å². The van der Waals surface area contributed by atoms with Crippen molar-refractivity contribution in [2.75, 3.05) is 9.80 Å². The molecule has 0 saturated carbocycles. The second kappa shape index (κ2) is 19.1. The van der Waals surface area contributed by atoms with E-state index in [-0.39, 0.29) is 0 Å². The van der Waals surface area contributed by atoms with Crippen LogP contribution in [0.25, 0.3) is 99.9 Å². The molecule has 366 valence electrons. The number of anilines is 6. The van der Waals surface area contributed by atoms with Gasteiger partial charge in [0.2, 0.25) is 0 Å². The summed E-state index contributed by atoms with van der Waals surface area (Å²) in [4.78, 5) is 17.9. The van der Waals surface area contributed by atoms with E-state index in [2.05, 4.69) is 278 Å². The molecule has 0 bridgehead atoms. The Morgan fingerprint density at radius 2 is 0.636 bits per heavy atom. The topological polar surface area (TPSA) is 63.0 Å². The van der Waals surface area contributed by atoms with Gasteiger partial charge in [0, 0.05) is 61.8 Å². The minimum Gasteiger partial charge on any atom is -0.311 e. The molecule has 0 N–H and O–H groups in total. The van der Waals surface area contributed by atoms with Crippen molar-refractivity contribution in [3.8, 4) is 67.0 Å². The van der Waals surface area contributed by atoms with Gasteiger partial charge in [0.25, 0.3) is 0 Å². The fraction of sp³-hybridized carbons (Fsp3) is 0.0571. The van der Waals surface area contributed by atoms with Crippen LogP contribution >= 0.6 is 0 Å². The van der Waals surface area contributed by atoms with Gasteiger partial charge < -0.3 is 9.80 Å². The van der Waals surface area contributed by atoms with Crippen LogP contribution in [0.4, 0.5) is 34.1 Å². The first-order valence-corrected chi connectivity index (χ1v) is 26.4. The van der Waals surface area contributed by atoms with Crippen LogP contribution in [0.1, 0.15) is 13.8 Å².